The van der Waals surface area contributed by atoms with Crippen molar-refractivity contribution in [3.8, 4) is 0 Å². The highest BCUT2D eigenvalue weighted by molar-refractivity contribution is 7.09. The van der Waals surface area contributed by atoms with Gasteiger partial charge in [0.2, 0.25) is 0 Å². The molecule has 2 rings (SSSR count). The Labute approximate surface area is 125 Å². The number of thiazole rings is 1. The molecule has 110 valence electrons. The SMILES string of the molecule is CNc1ccc(C(=O)NCCc2nccs2)cc1[N+](=O)[O-]. The number of nitrogens with zero attached hydrogens (tertiary/aromatic N) is 2. The maximum Gasteiger partial charge on any atom is 0.293 e. The third-order valence-electron chi connectivity index (χ3n) is 2.83. The van der Waals surface area contributed by atoms with Crippen molar-refractivity contribution in [1.29, 1.82) is 0 Å². The van der Waals surface area contributed by atoms with E-state index in [0.29, 0.717) is 18.7 Å². The third kappa shape index (κ3) is 3.76. The first-order valence-corrected chi connectivity index (χ1v) is 7.12. The van der Waals surface area contributed by atoms with Crippen LogP contribution >= 0.6 is 11.3 Å². The second-order valence-corrected chi connectivity index (χ2v) is 5.15. The van der Waals surface area contributed by atoms with Gasteiger partial charge in [0.15, 0.2) is 0 Å². The van der Waals surface area contributed by atoms with Crippen LogP contribution in [0.2, 0.25) is 0 Å². The van der Waals surface area contributed by atoms with Crippen LogP contribution in [-0.4, -0.2) is 29.4 Å². The first-order valence-electron chi connectivity index (χ1n) is 6.24. The standard InChI is InChI=1S/C13H14N4O3S/c1-14-10-3-2-9(8-11(10)17(19)20)13(18)16-5-4-12-15-6-7-21-12/h2-3,6-8,14H,4-5H2,1H3,(H,16,18). The molecule has 0 spiro atoms. The normalized spacial score (nSPS) is 10.1. The van der Waals surface area contributed by atoms with Crippen molar-refractivity contribution in [3.05, 3.63) is 50.5 Å². The van der Waals surface area contributed by atoms with Crippen molar-refractivity contribution >= 4 is 28.6 Å². The molecule has 2 aromatic rings. The van der Waals surface area contributed by atoms with Gasteiger partial charge in [-0.05, 0) is 12.1 Å². The van der Waals surface area contributed by atoms with Crippen LogP contribution < -0.4 is 10.6 Å². The summed E-state index contributed by atoms with van der Waals surface area (Å²) in [4.78, 5) is 26.5. The van der Waals surface area contributed by atoms with Crippen LogP contribution in [0.4, 0.5) is 11.4 Å². The molecule has 1 heterocycles. The molecule has 0 saturated carbocycles. The van der Waals surface area contributed by atoms with Gasteiger partial charge in [-0.1, -0.05) is 0 Å². The van der Waals surface area contributed by atoms with Crippen molar-refractivity contribution in [2.75, 3.05) is 18.9 Å². The van der Waals surface area contributed by atoms with E-state index in [-0.39, 0.29) is 17.2 Å². The second kappa shape index (κ2) is 6.80. The Morgan fingerprint density at radius 2 is 2.29 bits per heavy atom. The molecule has 0 bridgehead atoms. The predicted molar refractivity (Wildman–Crippen MR) is 80.8 cm³/mol. The van der Waals surface area contributed by atoms with Gasteiger partial charge in [0.25, 0.3) is 11.6 Å². The maximum atomic E-state index is 12.0. The number of hydrogen-bond donors (Lipinski definition) is 2. The zero-order valence-corrected chi connectivity index (χ0v) is 12.1. The summed E-state index contributed by atoms with van der Waals surface area (Å²) in [6.07, 6.45) is 2.35. The Morgan fingerprint density at radius 1 is 1.48 bits per heavy atom. The maximum absolute atomic E-state index is 12.0. The number of hydrogen-bond acceptors (Lipinski definition) is 6. The molecule has 0 radical (unpaired) electrons. The number of anilines is 1. The number of amides is 1. The minimum absolute atomic E-state index is 0.120. The molecule has 0 saturated heterocycles. The van der Waals surface area contributed by atoms with E-state index >= 15 is 0 Å². The van der Waals surface area contributed by atoms with E-state index in [4.69, 9.17) is 0 Å². The monoisotopic (exact) mass is 306 g/mol. The molecule has 7 nitrogen and oxygen atoms in total. The lowest BCUT2D eigenvalue weighted by molar-refractivity contribution is -0.384. The highest BCUT2D eigenvalue weighted by atomic mass is 32.1. The van der Waals surface area contributed by atoms with Crippen LogP contribution in [0.1, 0.15) is 15.4 Å². The van der Waals surface area contributed by atoms with Gasteiger partial charge in [-0.2, -0.15) is 0 Å². The lowest BCUT2D eigenvalue weighted by atomic mass is 10.1. The van der Waals surface area contributed by atoms with Crippen LogP contribution in [0, 0.1) is 10.1 Å². The highest BCUT2D eigenvalue weighted by Gasteiger charge is 2.16. The first kappa shape index (κ1) is 14.9. The van der Waals surface area contributed by atoms with E-state index in [9.17, 15) is 14.9 Å². The largest absolute Gasteiger partial charge is 0.383 e. The Bertz CT molecular complexity index is 643. The van der Waals surface area contributed by atoms with E-state index in [0.717, 1.165) is 5.01 Å². The molecule has 0 fully saturated rings. The molecule has 0 atom stereocenters. The summed E-state index contributed by atoms with van der Waals surface area (Å²) < 4.78 is 0. The van der Waals surface area contributed by atoms with E-state index < -0.39 is 4.92 Å². The number of rotatable bonds is 6. The van der Waals surface area contributed by atoms with E-state index in [2.05, 4.69) is 15.6 Å². The molecule has 8 heteroatoms. The van der Waals surface area contributed by atoms with Crippen molar-refractivity contribution in [3.63, 3.8) is 0 Å². The smallest absolute Gasteiger partial charge is 0.293 e. The van der Waals surface area contributed by atoms with Crippen molar-refractivity contribution in [2.24, 2.45) is 0 Å². The molecule has 0 aliphatic rings. The fraction of sp³-hybridized carbons (Fsp3) is 0.231. The van der Waals surface area contributed by atoms with Gasteiger partial charge in [0, 0.05) is 43.2 Å². The summed E-state index contributed by atoms with van der Waals surface area (Å²) in [6.45, 7) is 0.438. The zero-order chi connectivity index (χ0) is 15.2. The molecule has 0 aliphatic carbocycles. The number of carbonyl (C=O) groups excluding carboxylic acids is 1. The summed E-state index contributed by atoms with van der Waals surface area (Å²) in [6, 6.07) is 4.34. The minimum Gasteiger partial charge on any atom is -0.383 e. The van der Waals surface area contributed by atoms with Gasteiger partial charge in [-0.3, -0.25) is 14.9 Å². The summed E-state index contributed by atoms with van der Waals surface area (Å²) in [5, 5.41) is 19.2. The van der Waals surface area contributed by atoms with Gasteiger partial charge >= 0.3 is 0 Å². The topological polar surface area (TPSA) is 97.2 Å². The average Bonchev–Trinajstić information content (AvgIpc) is 2.99. The van der Waals surface area contributed by atoms with Gasteiger partial charge in [-0.25, -0.2) is 4.98 Å². The van der Waals surface area contributed by atoms with Crippen molar-refractivity contribution < 1.29 is 9.72 Å². The summed E-state index contributed by atoms with van der Waals surface area (Å²) >= 11 is 1.52. The Balaban J connectivity index is 2.01. The molecule has 1 aromatic heterocycles. The Morgan fingerprint density at radius 3 is 2.90 bits per heavy atom. The van der Waals surface area contributed by atoms with Crippen LogP contribution in [0.3, 0.4) is 0 Å². The van der Waals surface area contributed by atoms with Crippen LogP contribution in [0.15, 0.2) is 29.8 Å². The molecule has 1 aromatic carbocycles. The van der Waals surface area contributed by atoms with Gasteiger partial charge in [0.05, 0.1) is 9.93 Å². The number of benzene rings is 1. The van der Waals surface area contributed by atoms with Crippen LogP contribution in [0.5, 0.6) is 0 Å². The summed E-state index contributed by atoms with van der Waals surface area (Å²) in [7, 11) is 1.59. The number of carbonyl (C=O) groups is 1. The second-order valence-electron chi connectivity index (χ2n) is 4.17. The first-order chi connectivity index (χ1) is 10.1. The minimum atomic E-state index is -0.516. The van der Waals surface area contributed by atoms with Gasteiger partial charge in [-0.15, -0.1) is 11.3 Å². The van der Waals surface area contributed by atoms with E-state index in [1.165, 1.54) is 23.5 Å². The fourth-order valence-electron chi connectivity index (χ4n) is 1.80. The van der Waals surface area contributed by atoms with Gasteiger partial charge < -0.3 is 10.6 Å². The molecule has 1 amide bonds. The molecule has 0 unspecified atom stereocenters. The third-order valence-corrected chi connectivity index (χ3v) is 3.67. The summed E-state index contributed by atoms with van der Waals surface area (Å²) in [5.41, 5.74) is 0.518. The molecule has 21 heavy (non-hydrogen) atoms. The lowest BCUT2D eigenvalue weighted by Gasteiger charge is -2.06. The van der Waals surface area contributed by atoms with Crippen LogP contribution in [-0.2, 0) is 6.42 Å². The number of nitrogens with one attached hydrogen (secondary N) is 2. The Hall–Kier alpha value is -2.48. The average molecular weight is 306 g/mol. The molecular weight excluding hydrogens is 292 g/mol. The number of nitro benzene ring substituents is 1. The Kier molecular flexibility index (Phi) is 4.83. The molecular formula is C13H14N4O3S. The van der Waals surface area contributed by atoms with Crippen molar-refractivity contribution in [2.45, 2.75) is 6.42 Å². The molecule has 2 N–H and O–H groups in total. The van der Waals surface area contributed by atoms with Crippen LogP contribution in [0.25, 0.3) is 0 Å². The lowest BCUT2D eigenvalue weighted by Crippen LogP contribution is -2.25. The zero-order valence-electron chi connectivity index (χ0n) is 11.3. The fourth-order valence-corrected chi connectivity index (χ4v) is 2.42. The summed E-state index contributed by atoms with van der Waals surface area (Å²) in [5.74, 6) is -0.336. The molecule has 0 aliphatic heterocycles. The van der Waals surface area contributed by atoms with Crippen molar-refractivity contribution in [1.82, 2.24) is 10.3 Å². The number of aromatic nitrogens is 1. The van der Waals surface area contributed by atoms with E-state index in [1.807, 2.05) is 5.38 Å². The quantitative estimate of drug-likeness (QED) is 0.629. The highest BCUT2D eigenvalue weighted by Crippen LogP contribution is 2.24. The number of nitro groups is 1. The predicted octanol–water partition coefficient (Wildman–Crippen LogP) is 2.07. The van der Waals surface area contributed by atoms with Gasteiger partial charge in [0.1, 0.15) is 5.69 Å². The van der Waals surface area contributed by atoms with E-state index in [1.54, 1.807) is 19.3 Å².